The molecule has 5 nitrogen and oxygen atoms in total. The summed E-state index contributed by atoms with van der Waals surface area (Å²) in [5.74, 6) is 5.38. The number of anilines is 1. The van der Waals surface area contributed by atoms with Gasteiger partial charge in [-0.2, -0.15) is 5.10 Å². The van der Waals surface area contributed by atoms with Crippen molar-refractivity contribution in [3.63, 3.8) is 0 Å². The summed E-state index contributed by atoms with van der Waals surface area (Å²) >= 11 is 0. The van der Waals surface area contributed by atoms with Crippen molar-refractivity contribution in [2.45, 2.75) is 6.92 Å². The lowest BCUT2D eigenvalue weighted by atomic mass is 10.5. The van der Waals surface area contributed by atoms with Crippen molar-refractivity contribution < 1.29 is 4.79 Å². The fraction of sp³-hybridized carbons (Fsp3) is 0.250. The Morgan fingerprint density at radius 1 is 1.77 bits per heavy atom. The highest BCUT2D eigenvalue weighted by Gasteiger charge is 1.98. The van der Waals surface area contributed by atoms with Gasteiger partial charge >= 0.3 is 6.03 Å². The van der Waals surface area contributed by atoms with Gasteiger partial charge in [-0.15, -0.1) is 5.92 Å². The van der Waals surface area contributed by atoms with Gasteiger partial charge in [0.15, 0.2) is 0 Å². The standard InChI is InChI=1S/C8H10N4O/c1-2-3-4-9-8(13)12-7-5-10-11-6-7/h5-6H,4H2,1H3,(H,10,11)(H2,9,12,13). The van der Waals surface area contributed by atoms with Crippen LogP contribution in [0, 0.1) is 11.8 Å². The maximum absolute atomic E-state index is 11.1. The van der Waals surface area contributed by atoms with Gasteiger partial charge < -0.3 is 10.6 Å². The highest BCUT2D eigenvalue weighted by molar-refractivity contribution is 5.88. The third-order valence-electron chi connectivity index (χ3n) is 1.27. The number of hydrogen-bond acceptors (Lipinski definition) is 2. The van der Waals surface area contributed by atoms with Crippen molar-refractivity contribution in [1.29, 1.82) is 0 Å². The molecule has 0 aromatic carbocycles. The molecule has 0 aliphatic carbocycles. The van der Waals surface area contributed by atoms with Crippen LogP contribution in [0.4, 0.5) is 10.5 Å². The lowest BCUT2D eigenvalue weighted by Crippen LogP contribution is -2.28. The van der Waals surface area contributed by atoms with Crippen LogP contribution >= 0.6 is 0 Å². The van der Waals surface area contributed by atoms with Crippen LogP contribution in [-0.2, 0) is 0 Å². The largest absolute Gasteiger partial charge is 0.327 e. The minimum absolute atomic E-state index is 0.288. The lowest BCUT2D eigenvalue weighted by Gasteiger charge is -2.00. The normalized spacial score (nSPS) is 8.38. The third kappa shape index (κ3) is 3.29. The second-order valence-electron chi connectivity index (χ2n) is 2.22. The zero-order valence-electron chi connectivity index (χ0n) is 7.22. The maximum Gasteiger partial charge on any atom is 0.320 e. The number of nitrogens with zero attached hydrogens (tertiary/aromatic N) is 1. The van der Waals surface area contributed by atoms with Gasteiger partial charge in [0.2, 0.25) is 0 Å². The highest BCUT2D eigenvalue weighted by atomic mass is 16.2. The molecule has 1 aromatic rings. The monoisotopic (exact) mass is 178 g/mol. The molecule has 3 N–H and O–H groups in total. The first-order valence-electron chi connectivity index (χ1n) is 3.76. The summed E-state index contributed by atoms with van der Waals surface area (Å²) < 4.78 is 0. The van der Waals surface area contributed by atoms with Crippen LogP contribution < -0.4 is 10.6 Å². The van der Waals surface area contributed by atoms with Gasteiger partial charge in [0, 0.05) is 6.20 Å². The van der Waals surface area contributed by atoms with Crippen LogP contribution in [0.15, 0.2) is 12.4 Å². The molecular formula is C8H10N4O. The minimum atomic E-state index is -0.288. The van der Waals surface area contributed by atoms with Crippen LogP contribution in [0.5, 0.6) is 0 Å². The Morgan fingerprint density at radius 3 is 3.23 bits per heavy atom. The van der Waals surface area contributed by atoms with Gasteiger partial charge in [-0.25, -0.2) is 4.79 Å². The van der Waals surface area contributed by atoms with Crippen LogP contribution in [0.2, 0.25) is 0 Å². The van der Waals surface area contributed by atoms with Gasteiger partial charge in [-0.05, 0) is 6.92 Å². The van der Waals surface area contributed by atoms with E-state index >= 15 is 0 Å². The van der Waals surface area contributed by atoms with E-state index in [0.717, 1.165) is 0 Å². The molecule has 13 heavy (non-hydrogen) atoms. The van der Waals surface area contributed by atoms with Gasteiger partial charge in [-0.3, -0.25) is 5.10 Å². The molecule has 0 spiro atoms. The van der Waals surface area contributed by atoms with Crippen LogP contribution in [0.25, 0.3) is 0 Å². The summed E-state index contributed by atoms with van der Waals surface area (Å²) in [5.41, 5.74) is 0.627. The first kappa shape index (κ1) is 9.13. The molecule has 1 aromatic heterocycles. The number of rotatable bonds is 2. The molecule has 0 unspecified atom stereocenters. The van der Waals surface area contributed by atoms with Crippen molar-refractivity contribution in [2.75, 3.05) is 11.9 Å². The molecule has 0 saturated carbocycles. The number of amides is 2. The van der Waals surface area contributed by atoms with Gasteiger partial charge in [0.25, 0.3) is 0 Å². The number of nitrogens with one attached hydrogen (secondary N) is 3. The first-order chi connectivity index (χ1) is 6.33. The fourth-order valence-electron chi connectivity index (χ4n) is 0.707. The van der Waals surface area contributed by atoms with E-state index in [1.165, 1.54) is 6.20 Å². The van der Waals surface area contributed by atoms with E-state index in [1.807, 2.05) is 0 Å². The molecule has 2 amide bonds. The number of urea groups is 1. The van der Waals surface area contributed by atoms with Crippen molar-refractivity contribution in [1.82, 2.24) is 15.5 Å². The van der Waals surface area contributed by atoms with Gasteiger partial charge in [0.05, 0.1) is 18.4 Å². The van der Waals surface area contributed by atoms with E-state index in [9.17, 15) is 4.79 Å². The van der Waals surface area contributed by atoms with Crippen LogP contribution in [0.1, 0.15) is 6.92 Å². The first-order valence-corrected chi connectivity index (χ1v) is 3.76. The third-order valence-corrected chi connectivity index (χ3v) is 1.27. The molecule has 0 fully saturated rings. The average Bonchev–Trinajstić information content (AvgIpc) is 2.57. The van der Waals surface area contributed by atoms with E-state index in [0.29, 0.717) is 12.2 Å². The van der Waals surface area contributed by atoms with Gasteiger partial charge in [-0.1, -0.05) is 5.92 Å². The Morgan fingerprint density at radius 2 is 2.62 bits per heavy atom. The second kappa shape index (κ2) is 4.83. The number of aromatic nitrogens is 2. The zero-order chi connectivity index (χ0) is 9.52. The van der Waals surface area contributed by atoms with Crippen molar-refractivity contribution in [3.8, 4) is 11.8 Å². The molecule has 1 rings (SSSR count). The highest BCUT2D eigenvalue weighted by Crippen LogP contribution is 1.99. The van der Waals surface area contributed by atoms with E-state index in [-0.39, 0.29) is 6.03 Å². The molecule has 0 saturated heterocycles. The van der Waals surface area contributed by atoms with Crippen LogP contribution in [-0.4, -0.2) is 22.8 Å². The van der Waals surface area contributed by atoms with Crippen molar-refractivity contribution in [3.05, 3.63) is 12.4 Å². The predicted molar refractivity (Wildman–Crippen MR) is 49.1 cm³/mol. The molecule has 0 aliphatic rings. The van der Waals surface area contributed by atoms with Crippen molar-refractivity contribution in [2.24, 2.45) is 0 Å². The van der Waals surface area contributed by atoms with E-state index in [4.69, 9.17) is 0 Å². The number of H-pyrrole nitrogens is 1. The zero-order valence-corrected chi connectivity index (χ0v) is 7.22. The summed E-state index contributed by atoms with van der Waals surface area (Å²) in [7, 11) is 0. The van der Waals surface area contributed by atoms with Crippen molar-refractivity contribution >= 4 is 11.7 Å². The molecule has 1 heterocycles. The molecule has 68 valence electrons. The number of carbonyl (C=O) groups is 1. The van der Waals surface area contributed by atoms with Crippen LogP contribution in [0.3, 0.4) is 0 Å². The molecular weight excluding hydrogens is 168 g/mol. The number of hydrogen-bond donors (Lipinski definition) is 3. The van der Waals surface area contributed by atoms with E-state index < -0.39 is 0 Å². The Labute approximate surface area is 75.9 Å². The molecule has 0 atom stereocenters. The van der Waals surface area contributed by atoms with E-state index in [1.54, 1.807) is 13.1 Å². The number of aromatic amines is 1. The molecule has 0 radical (unpaired) electrons. The number of carbonyl (C=O) groups excluding carboxylic acids is 1. The quantitative estimate of drug-likeness (QED) is 0.579. The van der Waals surface area contributed by atoms with Gasteiger partial charge in [0.1, 0.15) is 0 Å². The maximum atomic E-state index is 11.1. The summed E-state index contributed by atoms with van der Waals surface area (Å²) in [4.78, 5) is 11.1. The smallest absolute Gasteiger partial charge is 0.320 e. The SMILES string of the molecule is CC#CCNC(=O)Nc1cn[nH]c1. The molecule has 5 heteroatoms. The Balaban J connectivity index is 2.28. The average molecular weight is 178 g/mol. The Hall–Kier alpha value is -1.96. The molecule has 0 aliphatic heterocycles. The summed E-state index contributed by atoms with van der Waals surface area (Å²) in [5, 5.41) is 11.4. The van der Waals surface area contributed by atoms with E-state index in [2.05, 4.69) is 32.7 Å². The molecule has 0 bridgehead atoms. The fourth-order valence-corrected chi connectivity index (χ4v) is 0.707. The minimum Gasteiger partial charge on any atom is -0.327 e. The summed E-state index contributed by atoms with van der Waals surface area (Å²) in [6, 6.07) is -0.288. The Kier molecular flexibility index (Phi) is 3.39. The predicted octanol–water partition coefficient (Wildman–Crippen LogP) is 0.555. The topological polar surface area (TPSA) is 69.8 Å². The second-order valence-corrected chi connectivity index (χ2v) is 2.22. The summed E-state index contributed by atoms with van der Waals surface area (Å²) in [6.07, 6.45) is 3.11. The lowest BCUT2D eigenvalue weighted by molar-refractivity contribution is 0.253. The summed E-state index contributed by atoms with van der Waals surface area (Å²) in [6.45, 7) is 2.07. The Bertz CT molecular complexity index is 320.